The van der Waals surface area contributed by atoms with Crippen LogP contribution in [0.2, 0.25) is 0 Å². The van der Waals surface area contributed by atoms with Crippen molar-refractivity contribution in [1.29, 1.82) is 0 Å². The summed E-state index contributed by atoms with van der Waals surface area (Å²) in [4.78, 5) is 15.4. The Morgan fingerprint density at radius 2 is 0.870 bits per heavy atom. The maximum absolute atomic E-state index is 5.21. The highest BCUT2D eigenvalue weighted by atomic mass is 32.1. The quantitative estimate of drug-likeness (QED) is 0.145. The minimum atomic E-state index is 0.498. The second kappa shape index (κ2) is 17.1. The second-order valence-electron chi connectivity index (χ2n) is 17.5. The number of hydrogen-bond acceptors (Lipinski definition) is 4. The molecule has 0 aliphatic heterocycles. The van der Waals surface area contributed by atoms with Gasteiger partial charge in [0.25, 0.3) is 0 Å². The van der Waals surface area contributed by atoms with Crippen molar-refractivity contribution in [3.05, 3.63) is 254 Å². The van der Waals surface area contributed by atoms with Crippen LogP contribution in [-0.4, -0.2) is 19.5 Å². The highest BCUT2D eigenvalue weighted by Crippen LogP contribution is 2.45. The van der Waals surface area contributed by atoms with Gasteiger partial charge in [-0.15, -0.1) is 11.3 Å². The molecule has 0 aliphatic carbocycles. The Hall–Kier alpha value is -8.77. The molecule has 0 fully saturated rings. The van der Waals surface area contributed by atoms with Crippen LogP contribution in [0.15, 0.2) is 243 Å². The van der Waals surface area contributed by atoms with Gasteiger partial charge in [-0.05, 0) is 98.6 Å². The van der Waals surface area contributed by atoms with Crippen molar-refractivity contribution >= 4 is 53.3 Å². The minimum Gasteiger partial charge on any atom is -0.309 e. The van der Waals surface area contributed by atoms with E-state index in [0.29, 0.717) is 23.9 Å². The molecule has 0 atom stereocenters. The summed E-state index contributed by atoms with van der Waals surface area (Å²) in [6.07, 6.45) is 0.498. The Bertz CT molecular complexity index is 3900. The van der Waals surface area contributed by atoms with Crippen LogP contribution < -0.4 is 0 Å². The minimum absolute atomic E-state index is 0.498. The van der Waals surface area contributed by atoms with Crippen LogP contribution in [0.1, 0.15) is 11.4 Å². The molecule has 0 amide bonds. The monoisotopic (exact) mass is 898 g/mol. The predicted octanol–water partition coefficient (Wildman–Crippen LogP) is 16.9. The Balaban J connectivity index is 1.01. The van der Waals surface area contributed by atoms with Gasteiger partial charge in [0.1, 0.15) is 5.82 Å². The zero-order valence-corrected chi connectivity index (χ0v) is 38.3. The van der Waals surface area contributed by atoms with E-state index in [1.165, 1.54) is 64.2 Å². The molecule has 4 nitrogen and oxygen atoms in total. The van der Waals surface area contributed by atoms with E-state index in [-0.39, 0.29) is 0 Å². The molecule has 0 bridgehead atoms. The van der Waals surface area contributed by atoms with Gasteiger partial charge < -0.3 is 4.57 Å². The summed E-state index contributed by atoms with van der Waals surface area (Å²) >= 11 is 1.86. The van der Waals surface area contributed by atoms with Crippen molar-refractivity contribution in [3.63, 3.8) is 0 Å². The molecule has 0 spiro atoms. The van der Waals surface area contributed by atoms with Gasteiger partial charge in [-0.3, -0.25) is 0 Å². The van der Waals surface area contributed by atoms with Gasteiger partial charge in [0.15, 0.2) is 11.6 Å². The van der Waals surface area contributed by atoms with Gasteiger partial charge in [-0.25, -0.2) is 15.0 Å². The van der Waals surface area contributed by atoms with Crippen LogP contribution in [0.5, 0.6) is 0 Å². The highest BCUT2D eigenvalue weighted by Gasteiger charge is 2.20. The first kappa shape index (κ1) is 40.5. The highest BCUT2D eigenvalue weighted by molar-refractivity contribution is 7.26. The summed E-state index contributed by atoms with van der Waals surface area (Å²) in [5.41, 5.74) is 15.9. The van der Waals surface area contributed by atoms with E-state index in [4.69, 9.17) is 15.0 Å². The average molecular weight is 899 g/mol. The van der Waals surface area contributed by atoms with E-state index in [1.807, 2.05) is 47.7 Å². The van der Waals surface area contributed by atoms with E-state index in [2.05, 4.69) is 211 Å². The molecule has 0 N–H and O–H groups in total. The largest absolute Gasteiger partial charge is 0.309 e. The van der Waals surface area contributed by atoms with Crippen LogP contribution in [0.3, 0.4) is 0 Å². The lowest BCUT2D eigenvalue weighted by Gasteiger charge is -2.16. The molecule has 3 heterocycles. The van der Waals surface area contributed by atoms with Crippen LogP contribution in [0.4, 0.5) is 0 Å². The van der Waals surface area contributed by atoms with Gasteiger partial charge in [0.05, 0.1) is 11.0 Å². The van der Waals surface area contributed by atoms with Gasteiger partial charge in [-0.2, -0.15) is 0 Å². The molecular weight excluding hydrogens is 857 g/mol. The summed E-state index contributed by atoms with van der Waals surface area (Å²) in [7, 11) is 0. The van der Waals surface area contributed by atoms with Crippen molar-refractivity contribution in [3.8, 4) is 73.0 Å². The molecule has 69 heavy (non-hydrogen) atoms. The van der Waals surface area contributed by atoms with E-state index in [9.17, 15) is 0 Å². The van der Waals surface area contributed by atoms with Crippen LogP contribution in [0, 0.1) is 0 Å². The number of fused-ring (bicyclic) bond motifs is 7. The number of nitrogens with zero attached hydrogens (tertiary/aromatic N) is 4. The van der Waals surface area contributed by atoms with Crippen LogP contribution in [0.25, 0.3) is 115 Å². The lowest BCUT2D eigenvalue weighted by atomic mass is 9.90. The van der Waals surface area contributed by atoms with E-state index in [0.717, 1.165) is 44.6 Å². The molecular formula is C64H42N4S. The summed E-state index contributed by atoms with van der Waals surface area (Å²) in [6.45, 7) is 0. The summed E-state index contributed by atoms with van der Waals surface area (Å²) in [5, 5.41) is 5.06. The topological polar surface area (TPSA) is 43.6 Å². The van der Waals surface area contributed by atoms with Crippen molar-refractivity contribution in [2.75, 3.05) is 0 Å². The fraction of sp³-hybridized carbons (Fsp3) is 0.0156. The van der Waals surface area contributed by atoms with Crippen molar-refractivity contribution in [1.82, 2.24) is 19.5 Å². The van der Waals surface area contributed by atoms with Gasteiger partial charge in [0, 0.05) is 54.2 Å². The summed E-state index contributed by atoms with van der Waals surface area (Å²) < 4.78 is 4.96. The Labute approximate surface area is 404 Å². The third-order valence-electron chi connectivity index (χ3n) is 13.3. The number of hydrogen-bond donors (Lipinski definition) is 0. The lowest BCUT2D eigenvalue weighted by Crippen LogP contribution is -2.05. The zero-order chi connectivity index (χ0) is 45.7. The van der Waals surface area contributed by atoms with Crippen LogP contribution in [-0.2, 0) is 6.42 Å². The average Bonchev–Trinajstić information content (AvgIpc) is 3.97. The van der Waals surface area contributed by atoms with Crippen molar-refractivity contribution < 1.29 is 0 Å². The Morgan fingerprint density at radius 1 is 0.348 bits per heavy atom. The molecule has 13 rings (SSSR count). The molecule has 0 aliphatic rings. The smallest absolute Gasteiger partial charge is 0.163 e. The molecule has 0 saturated carbocycles. The Kier molecular flexibility index (Phi) is 10.1. The SMILES string of the molecule is c1ccc(-c2cc(-c3ccccc3)cc(-c3ccc(-c4ccc5c(c4)sc4ccc6c7ccccc7n(-c7ccccc7)c6c45)c(Cc4nc(-c5ccccc5)nc(-c5ccccc5)n4)c3)c2)cc1. The van der Waals surface area contributed by atoms with Gasteiger partial charge in [0.2, 0.25) is 0 Å². The first-order chi connectivity index (χ1) is 34.2. The Morgan fingerprint density at radius 3 is 1.49 bits per heavy atom. The lowest BCUT2D eigenvalue weighted by molar-refractivity contribution is 0.933. The predicted molar refractivity (Wildman–Crippen MR) is 289 cm³/mol. The zero-order valence-electron chi connectivity index (χ0n) is 37.5. The molecule has 3 aromatic heterocycles. The molecule has 0 unspecified atom stereocenters. The first-order valence-electron chi connectivity index (χ1n) is 23.4. The molecule has 13 aromatic rings. The summed E-state index contributed by atoms with van der Waals surface area (Å²) in [6, 6.07) is 86.9. The van der Waals surface area contributed by atoms with Crippen molar-refractivity contribution in [2.45, 2.75) is 6.42 Å². The molecule has 324 valence electrons. The third-order valence-corrected chi connectivity index (χ3v) is 14.4. The van der Waals surface area contributed by atoms with E-state index < -0.39 is 0 Å². The van der Waals surface area contributed by atoms with Crippen LogP contribution >= 0.6 is 11.3 Å². The fourth-order valence-corrected chi connectivity index (χ4v) is 11.2. The van der Waals surface area contributed by atoms with E-state index >= 15 is 0 Å². The van der Waals surface area contributed by atoms with Gasteiger partial charge >= 0.3 is 0 Å². The number of rotatable bonds is 9. The molecule has 10 aromatic carbocycles. The first-order valence-corrected chi connectivity index (χ1v) is 24.2. The van der Waals surface area contributed by atoms with Gasteiger partial charge in [-0.1, -0.05) is 194 Å². The maximum Gasteiger partial charge on any atom is 0.163 e. The van der Waals surface area contributed by atoms with Crippen molar-refractivity contribution in [2.24, 2.45) is 0 Å². The summed E-state index contributed by atoms with van der Waals surface area (Å²) in [5.74, 6) is 2.03. The number of thiophene rings is 1. The second-order valence-corrected chi connectivity index (χ2v) is 18.6. The maximum atomic E-state index is 5.21. The molecule has 0 radical (unpaired) electrons. The number of aromatic nitrogens is 4. The fourth-order valence-electron chi connectivity index (χ4n) is 10.0. The normalized spacial score (nSPS) is 11.5. The molecule has 5 heteroatoms. The molecule has 0 saturated heterocycles. The third kappa shape index (κ3) is 7.46. The van der Waals surface area contributed by atoms with E-state index in [1.54, 1.807) is 0 Å². The standard InChI is InChI=1S/C64H42N4S/c1-6-18-42(19-7-1)48-37-49(43-20-8-2-9-21-43)39-50(38-48)46-30-32-53(51(36-46)41-60-65-63(44-22-10-3-11-23-44)67-64(66-60)45-24-12-4-13-25-45)47-31-33-56-59(40-47)69-58-35-34-55-54-28-16-17-29-57(54)68(62(55)61(56)58)52-26-14-5-15-27-52/h1-40H,41H2. The number of benzene rings is 10. The number of para-hydroxylation sites is 2.